The number of nitrogens with one attached hydrogen (secondary N) is 1. The van der Waals surface area contributed by atoms with Crippen molar-refractivity contribution in [2.75, 3.05) is 23.8 Å². The molecule has 1 heterocycles. The maximum atomic E-state index is 11.0. The first-order valence-electron chi connectivity index (χ1n) is 3.13. The molecule has 0 aromatic carbocycles. The average Bonchev–Trinajstić information content (AvgIpc) is 2.08. The van der Waals surface area contributed by atoms with Crippen LogP contribution in [0.2, 0.25) is 0 Å². The molecule has 0 fully saturated rings. The van der Waals surface area contributed by atoms with Crippen molar-refractivity contribution in [2.45, 2.75) is 0 Å². The first-order chi connectivity index (χ1) is 5.57. The van der Waals surface area contributed by atoms with Gasteiger partial charge in [0.25, 0.3) is 0 Å². The number of hydrogen-bond acceptors (Lipinski definition) is 6. The molecule has 6 N–H and O–H groups in total. The van der Waals surface area contributed by atoms with Gasteiger partial charge in [0.05, 0.1) is 0 Å². The van der Waals surface area contributed by atoms with Crippen molar-refractivity contribution in [3.63, 3.8) is 0 Å². The van der Waals surface area contributed by atoms with Crippen LogP contribution in [0.5, 0.6) is 5.88 Å². The average molecular weight is 171 g/mol. The number of aromatic hydroxyl groups is 1. The molecule has 12 heavy (non-hydrogen) atoms. The molecule has 1 aromatic heterocycles. The second-order valence-corrected chi connectivity index (χ2v) is 2.10. The van der Waals surface area contributed by atoms with Gasteiger partial charge in [-0.15, -0.1) is 0 Å². The van der Waals surface area contributed by atoms with E-state index in [0.717, 1.165) is 0 Å². The molecular formula is C5H9N5O2. The monoisotopic (exact) mass is 171 g/mol. The number of nitrogens with zero attached hydrogens (tertiary/aromatic N) is 2. The van der Waals surface area contributed by atoms with Gasteiger partial charge in [-0.25, -0.2) is 0 Å². The Morgan fingerprint density at radius 1 is 1.58 bits per heavy atom. The summed E-state index contributed by atoms with van der Waals surface area (Å²) in [7, 11) is 1.50. The van der Waals surface area contributed by atoms with Crippen LogP contribution in [-0.2, 0) is 0 Å². The Hall–Kier alpha value is -1.92. The SMILES string of the molecule is CNc1nc(N)c(N)[n+]([O-])c1O. The Kier molecular flexibility index (Phi) is 1.78. The third-order valence-electron chi connectivity index (χ3n) is 1.35. The van der Waals surface area contributed by atoms with Crippen LogP contribution < -0.4 is 21.5 Å². The summed E-state index contributed by atoms with van der Waals surface area (Å²) in [4.78, 5) is 3.62. The van der Waals surface area contributed by atoms with E-state index in [1.165, 1.54) is 7.05 Å². The lowest BCUT2D eigenvalue weighted by molar-refractivity contribution is -0.597. The second kappa shape index (κ2) is 2.61. The van der Waals surface area contributed by atoms with Crippen LogP contribution >= 0.6 is 0 Å². The van der Waals surface area contributed by atoms with E-state index in [-0.39, 0.29) is 22.2 Å². The van der Waals surface area contributed by atoms with Crippen LogP contribution in [0.25, 0.3) is 0 Å². The van der Waals surface area contributed by atoms with Crippen LogP contribution in [0, 0.1) is 5.21 Å². The highest BCUT2D eigenvalue weighted by Crippen LogP contribution is 2.19. The van der Waals surface area contributed by atoms with Gasteiger partial charge >= 0.3 is 11.7 Å². The maximum absolute atomic E-state index is 11.0. The topological polar surface area (TPSA) is 124 Å². The summed E-state index contributed by atoms with van der Waals surface area (Å²) in [6.45, 7) is 0. The third-order valence-corrected chi connectivity index (χ3v) is 1.35. The highest BCUT2D eigenvalue weighted by molar-refractivity contribution is 5.55. The van der Waals surface area contributed by atoms with Gasteiger partial charge in [0.2, 0.25) is 11.6 Å². The first kappa shape index (κ1) is 8.18. The van der Waals surface area contributed by atoms with E-state index in [1.807, 2.05) is 0 Å². The zero-order chi connectivity index (χ0) is 9.30. The highest BCUT2D eigenvalue weighted by atomic mass is 16.5. The number of rotatable bonds is 1. The van der Waals surface area contributed by atoms with Crippen molar-refractivity contribution in [1.82, 2.24) is 4.98 Å². The number of hydrogen-bond donors (Lipinski definition) is 4. The van der Waals surface area contributed by atoms with Gasteiger partial charge in [-0.1, -0.05) is 0 Å². The van der Waals surface area contributed by atoms with Gasteiger partial charge < -0.3 is 21.4 Å². The van der Waals surface area contributed by atoms with Crippen molar-refractivity contribution in [3.05, 3.63) is 5.21 Å². The number of nitrogens with two attached hydrogens (primary N) is 2. The third kappa shape index (κ3) is 1.00. The molecule has 0 radical (unpaired) electrons. The highest BCUT2D eigenvalue weighted by Gasteiger charge is 2.14. The minimum absolute atomic E-state index is 0.00306. The van der Waals surface area contributed by atoms with Gasteiger partial charge in [-0.2, -0.15) is 9.71 Å². The van der Waals surface area contributed by atoms with Crippen LogP contribution in [-0.4, -0.2) is 17.1 Å². The first-order valence-corrected chi connectivity index (χ1v) is 3.13. The molecule has 1 rings (SSSR count). The van der Waals surface area contributed by atoms with Gasteiger partial charge in [0.15, 0.2) is 0 Å². The van der Waals surface area contributed by atoms with Gasteiger partial charge in [-0.05, 0) is 0 Å². The molecular weight excluding hydrogens is 162 g/mol. The second-order valence-electron chi connectivity index (χ2n) is 2.10. The summed E-state index contributed by atoms with van der Waals surface area (Å²) < 4.78 is 0.105. The van der Waals surface area contributed by atoms with E-state index in [1.54, 1.807) is 0 Å². The minimum Gasteiger partial charge on any atom is -0.708 e. The van der Waals surface area contributed by atoms with Crippen LogP contribution in [0.15, 0.2) is 0 Å². The summed E-state index contributed by atoms with van der Waals surface area (Å²) >= 11 is 0. The van der Waals surface area contributed by atoms with Gasteiger partial charge in [-0.3, -0.25) is 5.73 Å². The van der Waals surface area contributed by atoms with E-state index in [0.29, 0.717) is 0 Å². The molecule has 7 heteroatoms. The summed E-state index contributed by atoms with van der Waals surface area (Å²) in [5.74, 6) is -1.03. The fourth-order valence-corrected chi connectivity index (χ4v) is 0.710. The number of aromatic nitrogens is 2. The van der Waals surface area contributed by atoms with E-state index in [4.69, 9.17) is 16.6 Å². The Morgan fingerprint density at radius 2 is 2.17 bits per heavy atom. The normalized spacial score (nSPS) is 9.75. The van der Waals surface area contributed by atoms with Gasteiger partial charge in [0.1, 0.15) is 0 Å². The lowest BCUT2D eigenvalue weighted by Crippen LogP contribution is -2.33. The lowest BCUT2D eigenvalue weighted by Gasteiger charge is -2.10. The van der Waals surface area contributed by atoms with Crippen LogP contribution in [0.3, 0.4) is 0 Å². The quantitative estimate of drug-likeness (QED) is 0.305. The molecule has 0 atom stereocenters. The number of nitrogen functional groups attached to an aromatic ring is 2. The Balaban J connectivity index is 3.39. The number of anilines is 3. The molecule has 0 aliphatic carbocycles. The summed E-state index contributed by atoms with van der Waals surface area (Å²) in [6.07, 6.45) is 0. The predicted octanol–water partition coefficient (Wildman–Crippen LogP) is -1.37. The van der Waals surface area contributed by atoms with Crippen LogP contribution in [0.1, 0.15) is 0 Å². The van der Waals surface area contributed by atoms with Crippen molar-refractivity contribution >= 4 is 17.5 Å². The summed E-state index contributed by atoms with van der Waals surface area (Å²) in [5.41, 5.74) is 10.4. The summed E-state index contributed by atoms with van der Waals surface area (Å²) in [6, 6.07) is 0. The molecule has 0 spiro atoms. The molecule has 1 aromatic rings. The molecule has 0 aliphatic heterocycles. The van der Waals surface area contributed by atoms with Crippen molar-refractivity contribution in [3.8, 4) is 5.88 Å². The Labute approximate surface area is 68.2 Å². The van der Waals surface area contributed by atoms with Crippen LogP contribution in [0.4, 0.5) is 17.5 Å². The standard InChI is InChI=1S/C5H9N5O2/c1-8-4-5(11)10(12)3(7)2(6)9-4/h11H,7H2,1H3,(H3,6,8,9). The fraction of sp³-hybridized carbons (Fsp3) is 0.200. The fourth-order valence-electron chi connectivity index (χ4n) is 0.710. The summed E-state index contributed by atoms with van der Waals surface area (Å²) in [5, 5.41) is 22.5. The maximum Gasteiger partial charge on any atom is 0.329 e. The zero-order valence-electron chi connectivity index (χ0n) is 6.40. The molecule has 66 valence electrons. The molecule has 0 aliphatic rings. The smallest absolute Gasteiger partial charge is 0.329 e. The largest absolute Gasteiger partial charge is 0.708 e. The van der Waals surface area contributed by atoms with E-state index in [9.17, 15) is 5.21 Å². The van der Waals surface area contributed by atoms with E-state index >= 15 is 0 Å². The molecule has 0 bridgehead atoms. The molecule has 7 nitrogen and oxygen atoms in total. The van der Waals surface area contributed by atoms with Gasteiger partial charge in [0, 0.05) is 7.05 Å². The van der Waals surface area contributed by atoms with E-state index < -0.39 is 5.88 Å². The molecule has 0 amide bonds. The van der Waals surface area contributed by atoms with Crippen molar-refractivity contribution in [2.24, 2.45) is 0 Å². The van der Waals surface area contributed by atoms with Crippen molar-refractivity contribution in [1.29, 1.82) is 0 Å². The zero-order valence-corrected chi connectivity index (χ0v) is 6.40. The molecule has 0 saturated heterocycles. The van der Waals surface area contributed by atoms with Crippen molar-refractivity contribution < 1.29 is 9.84 Å². The predicted molar refractivity (Wildman–Crippen MR) is 43.2 cm³/mol. The van der Waals surface area contributed by atoms with E-state index in [2.05, 4.69) is 10.3 Å². The Morgan fingerprint density at radius 3 is 2.67 bits per heavy atom. The molecule has 0 unspecified atom stereocenters. The minimum atomic E-state index is -0.593. The molecule has 0 saturated carbocycles. The lowest BCUT2D eigenvalue weighted by atomic mass is 10.5. The Bertz CT molecular complexity index is 313.